The van der Waals surface area contributed by atoms with Crippen LogP contribution in [-0.4, -0.2) is 70.5 Å². The predicted molar refractivity (Wildman–Crippen MR) is 127 cm³/mol. The number of hydrogen-bond acceptors (Lipinski definition) is 4. The van der Waals surface area contributed by atoms with Crippen molar-refractivity contribution in [1.29, 1.82) is 0 Å². The van der Waals surface area contributed by atoms with E-state index < -0.39 is 0 Å². The number of guanidine groups is 1. The molecule has 1 heterocycles. The Bertz CT molecular complexity index is 538. The zero-order valence-corrected chi connectivity index (χ0v) is 19.9. The second-order valence-electron chi connectivity index (χ2n) is 7.18. The van der Waals surface area contributed by atoms with E-state index in [0.717, 1.165) is 64.9 Å². The van der Waals surface area contributed by atoms with Gasteiger partial charge in [0.2, 0.25) is 0 Å². The molecule has 1 fully saturated rings. The molecule has 160 valence electrons. The predicted octanol–water partition coefficient (Wildman–Crippen LogP) is 2.91. The first-order chi connectivity index (χ1) is 13.2. The third-order valence-electron chi connectivity index (χ3n) is 4.77. The van der Waals surface area contributed by atoms with E-state index in [2.05, 4.69) is 46.5 Å². The van der Waals surface area contributed by atoms with Crippen molar-refractivity contribution in [1.82, 2.24) is 15.5 Å². The van der Waals surface area contributed by atoms with E-state index in [1.165, 1.54) is 5.56 Å². The minimum absolute atomic E-state index is 0. The highest BCUT2D eigenvalue weighted by Crippen LogP contribution is 2.15. The number of ether oxygens (including phenoxy) is 2. The number of benzene rings is 1. The van der Waals surface area contributed by atoms with Gasteiger partial charge in [-0.15, -0.1) is 24.0 Å². The molecule has 0 bridgehead atoms. The van der Waals surface area contributed by atoms with Crippen molar-refractivity contribution in [3.05, 3.63) is 35.9 Å². The Labute approximate surface area is 187 Å². The van der Waals surface area contributed by atoms with Gasteiger partial charge in [0.05, 0.1) is 19.3 Å². The monoisotopic (exact) mass is 504 g/mol. The molecule has 6 nitrogen and oxygen atoms in total. The molecule has 2 N–H and O–H groups in total. The van der Waals surface area contributed by atoms with E-state index in [-0.39, 0.29) is 30.1 Å². The Kier molecular flexibility index (Phi) is 13.5. The van der Waals surface area contributed by atoms with E-state index in [4.69, 9.17) is 9.47 Å². The van der Waals surface area contributed by atoms with Gasteiger partial charge >= 0.3 is 0 Å². The van der Waals surface area contributed by atoms with Crippen molar-refractivity contribution in [2.45, 2.75) is 26.4 Å². The van der Waals surface area contributed by atoms with Gasteiger partial charge in [-0.25, -0.2) is 0 Å². The summed E-state index contributed by atoms with van der Waals surface area (Å²) in [6.07, 6.45) is 1.07. The molecule has 1 aromatic carbocycles. The molecule has 0 aromatic heterocycles. The van der Waals surface area contributed by atoms with Gasteiger partial charge in [0.1, 0.15) is 0 Å². The molecule has 28 heavy (non-hydrogen) atoms. The molecule has 0 spiro atoms. The number of nitrogens with one attached hydrogen (secondary N) is 2. The fourth-order valence-corrected chi connectivity index (χ4v) is 3.14. The summed E-state index contributed by atoms with van der Waals surface area (Å²) in [7, 11) is 1.82. The van der Waals surface area contributed by atoms with Gasteiger partial charge in [-0.05, 0) is 24.8 Å². The number of hydrogen-bond donors (Lipinski definition) is 2. The summed E-state index contributed by atoms with van der Waals surface area (Å²) in [4.78, 5) is 6.78. The van der Waals surface area contributed by atoms with Crippen LogP contribution in [0, 0.1) is 5.92 Å². The Morgan fingerprint density at radius 3 is 2.57 bits per heavy atom. The molecule has 0 aliphatic carbocycles. The Balaban J connectivity index is 0.00000392. The van der Waals surface area contributed by atoms with E-state index in [1.54, 1.807) is 0 Å². The lowest BCUT2D eigenvalue weighted by Gasteiger charge is -2.29. The first-order valence-corrected chi connectivity index (χ1v) is 10.1. The van der Waals surface area contributed by atoms with Crippen molar-refractivity contribution < 1.29 is 9.47 Å². The number of aliphatic imine (C=N–C) groups is 1. The minimum atomic E-state index is 0. The first kappa shape index (κ1) is 25.1. The number of rotatable bonds is 10. The summed E-state index contributed by atoms with van der Waals surface area (Å²) < 4.78 is 11.3. The zero-order valence-electron chi connectivity index (χ0n) is 17.5. The lowest BCUT2D eigenvalue weighted by atomic mass is 10.1. The van der Waals surface area contributed by atoms with Gasteiger partial charge in [-0.2, -0.15) is 0 Å². The second kappa shape index (κ2) is 15.0. The maximum absolute atomic E-state index is 5.91. The van der Waals surface area contributed by atoms with Gasteiger partial charge < -0.3 is 20.1 Å². The average Bonchev–Trinajstić information content (AvgIpc) is 2.71. The molecular weight excluding hydrogens is 467 g/mol. The molecular formula is C21H37IN4O2. The van der Waals surface area contributed by atoms with Crippen LogP contribution in [0.2, 0.25) is 0 Å². The van der Waals surface area contributed by atoms with Crippen LogP contribution in [0.5, 0.6) is 0 Å². The van der Waals surface area contributed by atoms with E-state index in [1.807, 2.05) is 25.2 Å². The maximum Gasteiger partial charge on any atom is 0.190 e. The minimum Gasteiger partial charge on any atom is -0.379 e. The lowest BCUT2D eigenvalue weighted by Crippen LogP contribution is -2.44. The van der Waals surface area contributed by atoms with E-state index >= 15 is 0 Å². The molecule has 1 aromatic rings. The van der Waals surface area contributed by atoms with Gasteiger partial charge in [-0.3, -0.25) is 9.89 Å². The largest absolute Gasteiger partial charge is 0.379 e. The molecule has 0 saturated carbocycles. The summed E-state index contributed by atoms with van der Waals surface area (Å²) in [5, 5.41) is 6.79. The van der Waals surface area contributed by atoms with Crippen LogP contribution < -0.4 is 10.6 Å². The standard InChI is InChI=1S/C21H36N4O2.HI/c1-18(17-25-11-14-26-15-12-25)16-24-21(22-3)23-10-7-13-27-19(2)20-8-5-4-6-9-20;/h4-6,8-9,18-19H,7,10-17H2,1-3H3,(H2,22,23,24);1H. The molecule has 2 atom stereocenters. The fraction of sp³-hybridized carbons (Fsp3) is 0.667. The van der Waals surface area contributed by atoms with Gasteiger partial charge in [0.15, 0.2) is 5.96 Å². The van der Waals surface area contributed by atoms with Crippen LogP contribution in [0.4, 0.5) is 0 Å². The van der Waals surface area contributed by atoms with Gasteiger partial charge in [-0.1, -0.05) is 37.3 Å². The van der Waals surface area contributed by atoms with Gasteiger partial charge in [0, 0.05) is 46.4 Å². The summed E-state index contributed by atoms with van der Waals surface area (Å²) in [6.45, 7) is 11.7. The lowest BCUT2D eigenvalue weighted by molar-refractivity contribution is 0.0320. The third kappa shape index (κ3) is 10.0. The number of morpholine rings is 1. The molecule has 7 heteroatoms. The highest BCUT2D eigenvalue weighted by molar-refractivity contribution is 14.0. The van der Waals surface area contributed by atoms with Crippen LogP contribution >= 0.6 is 24.0 Å². The smallest absolute Gasteiger partial charge is 0.190 e. The highest BCUT2D eigenvalue weighted by Gasteiger charge is 2.13. The van der Waals surface area contributed by atoms with Crippen LogP contribution in [-0.2, 0) is 9.47 Å². The fourth-order valence-electron chi connectivity index (χ4n) is 3.14. The number of halogens is 1. The van der Waals surface area contributed by atoms with Crippen LogP contribution in [0.3, 0.4) is 0 Å². The van der Waals surface area contributed by atoms with Crippen LogP contribution in [0.15, 0.2) is 35.3 Å². The van der Waals surface area contributed by atoms with Gasteiger partial charge in [0.25, 0.3) is 0 Å². The first-order valence-electron chi connectivity index (χ1n) is 10.1. The Hall–Kier alpha value is -0.900. The van der Waals surface area contributed by atoms with Crippen molar-refractivity contribution >= 4 is 29.9 Å². The summed E-state index contributed by atoms with van der Waals surface area (Å²) in [5.74, 6) is 1.43. The van der Waals surface area contributed by atoms with Crippen LogP contribution in [0.1, 0.15) is 31.9 Å². The van der Waals surface area contributed by atoms with E-state index in [0.29, 0.717) is 5.92 Å². The summed E-state index contributed by atoms with van der Waals surface area (Å²) >= 11 is 0. The highest BCUT2D eigenvalue weighted by atomic mass is 127. The van der Waals surface area contributed by atoms with Crippen molar-refractivity contribution in [3.8, 4) is 0 Å². The molecule has 1 aliphatic rings. The van der Waals surface area contributed by atoms with Crippen molar-refractivity contribution in [2.75, 3.05) is 59.6 Å². The topological polar surface area (TPSA) is 58.1 Å². The third-order valence-corrected chi connectivity index (χ3v) is 4.77. The van der Waals surface area contributed by atoms with Crippen molar-refractivity contribution in [3.63, 3.8) is 0 Å². The molecule has 2 rings (SSSR count). The Morgan fingerprint density at radius 1 is 1.18 bits per heavy atom. The number of nitrogens with zero attached hydrogens (tertiary/aromatic N) is 2. The van der Waals surface area contributed by atoms with Crippen molar-refractivity contribution in [2.24, 2.45) is 10.9 Å². The normalized spacial score (nSPS) is 17.5. The van der Waals surface area contributed by atoms with E-state index in [9.17, 15) is 0 Å². The quantitative estimate of drug-likeness (QED) is 0.222. The van der Waals surface area contributed by atoms with Crippen LogP contribution in [0.25, 0.3) is 0 Å². The summed E-state index contributed by atoms with van der Waals surface area (Å²) in [6, 6.07) is 10.3. The molecule has 1 aliphatic heterocycles. The SMILES string of the molecule is CN=C(NCCCOC(C)c1ccccc1)NCC(C)CN1CCOCC1.I. The molecule has 0 radical (unpaired) electrons. The second-order valence-corrected chi connectivity index (χ2v) is 7.18. The molecule has 0 amide bonds. The Morgan fingerprint density at radius 2 is 1.89 bits per heavy atom. The summed E-state index contributed by atoms with van der Waals surface area (Å²) in [5.41, 5.74) is 1.22. The zero-order chi connectivity index (χ0) is 19.3. The maximum atomic E-state index is 5.91. The average molecular weight is 504 g/mol. The molecule has 1 saturated heterocycles. The molecule has 2 unspecified atom stereocenters.